The molecule has 168 valence electrons. The molecule has 5 rings (SSSR count). The lowest BCUT2D eigenvalue weighted by atomic mass is 9.83. The van der Waals surface area contributed by atoms with Crippen LogP contribution in [0.5, 0.6) is 11.5 Å². The molecule has 0 saturated heterocycles. The highest BCUT2D eigenvalue weighted by molar-refractivity contribution is 9.10. The van der Waals surface area contributed by atoms with Crippen LogP contribution in [0.2, 0.25) is 0 Å². The van der Waals surface area contributed by atoms with Crippen LogP contribution in [0.1, 0.15) is 33.2 Å². The normalized spacial score (nSPS) is 14.9. The highest BCUT2D eigenvalue weighted by Crippen LogP contribution is 2.45. The van der Waals surface area contributed by atoms with E-state index in [1.54, 1.807) is 24.3 Å². The minimum atomic E-state index is -0.621. The zero-order chi connectivity index (χ0) is 24.0. The van der Waals surface area contributed by atoms with Crippen LogP contribution >= 0.6 is 31.9 Å². The lowest BCUT2D eigenvalue weighted by Crippen LogP contribution is -2.21. The first-order chi connectivity index (χ1) is 16.4. The summed E-state index contributed by atoms with van der Waals surface area (Å²) in [5.74, 6) is -0.229. The minimum absolute atomic E-state index is 0.0120. The largest absolute Gasteiger partial charge is 0.449 e. The van der Waals surface area contributed by atoms with Crippen molar-refractivity contribution in [2.75, 3.05) is 0 Å². The number of furan rings is 1. The zero-order valence-corrected chi connectivity index (χ0v) is 20.9. The van der Waals surface area contributed by atoms with Gasteiger partial charge in [-0.3, -0.25) is 0 Å². The molecule has 0 radical (unpaired) electrons. The van der Waals surface area contributed by atoms with E-state index in [0.29, 0.717) is 22.5 Å². The molecule has 0 aliphatic carbocycles. The summed E-state index contributed by atoms with van der Waals surface area (Å²) < 4.78 is 18.8. The third kappa shape index (κ3) is 3.77. The van der Waals surface area contributed by atoms with Crippen LogP contribution in [0, 0.1) is 18.3 Å². The number of fused-ring (bicyclic) bond motifs is 2. The number of allylic oxidation sites excluding steroid dienone is 1. The maximum Gasteiger partial charge on any atom is 0.379 e. The molecule has 4 aromatic rings. The molecule has 1 aliphatic heterocycles. The molecule has 1 aliphatic rings. The molecule has 1 aromatic heterocycles. The van der Waals surface area contributed by atoms with Crippen molar-refractivity contribution < 1.29 is 18.7 Å². The fraction of sp³-hybridized carbons (Fsp3) is 0.0769. The Morgan fingerprint density at radius 1 is 1.09 bits per heavy atom. The van der Waals surface area contributed by atoms with E-state index in [0.717, 1.165) is 25.5 Å². The second-order valence-corrected chi connectivity index (χ2v) is 9.50. The lowest BCUT2D eigenvalue weighted by Gasteiger charge is -2.27. The number of esters is 1. The van der Waals surface area contributed by atoms with Crippen LogP contribution in [0.25, 0.3) is 11.0 Å². The second-order valence-electron chi connectivity index (χ2n) is 7.73. The minimum Gasteiger partial charge on any atom is -0.449 e. The third-order valence-electron chi connectivity index (χ3n) is 5.70. The Labute approximate surface area is 211 Å². The van der Waals surface area contributed by atoms with Gasteiger partial charge in [0, 0.05) is 31.5 Å². The van der Waals surface area contributed by atoms with Crippen LogP contribution < -0.4 is 15.2 Å². The van der Waals surface area contributed by atoms with Crippen molar-refractivity contribution in [3.8, 4) is 17.6 Å². The standard InChI is InChI=1S/C26H16Br2N2O4/c1-13-16-8-6-14(27)10-21(16)33-24(13)26(31)32-15-7-9-18-22(11-15)34-25(30)19(12-29)23(18)17-4-2-3-5-20(17)28/h2-11,23H,30H2,1H3. The maximum absolute atomic E-state index is 12.9. The second kappa shape index (κ2) is 8.67. The predicted molar refractivity (Wildman–Crippen MR) is 133 cm³/mol. The average molecular weight is 580 g/mol. The summed E-state index contributed by atoms with van der Waals surface area (Å²) in [7, 11) is 0. The van der Waals surface area contributed by atoms with Crippen LogP contribution in [0.4, 0.5) is 0 Å². The van der Waals surface area contributed by atoms with Crippen LogP contribution in [-0.4, -0.2) is 5.97 Å². The molecular weight excluding hydrogens is 564 g/mol. The molecule has 1 atom stereocenters. The van der Waals surface area contributed by atoms with Gasteiger partial charge < -0.3 is 19.6 Å². The smallest absolute Gasteiger partial charge is 0.379 e. The van der Waals surface area contributed by atoms with E-state index in [1.165, 1.54) is 0 Å². The first-order valence-corrected chi connectivity index (χ1v) is 11.8. The number of nitrogens with zero attached hydrogens (tertiary/aromatic N) is 1. The molecule has 0 fully saturated rings. The topological polar surface area (TPSA) is 98.5 Å². The van der Waals surface area contributed by atoms with E-state index in [1.807, 2.05) is 43.3 Å². The number of aryl methyl sites for hydroxylation is 1. The van der Waals surface area contributed by atoms with Gasteiger partial charge in [0.05, 0.1) is 5.92 Å². The quantitative estimate of drug-likeness (QED) is 0.214. The van der Waals surface area contributed by atoms with Crippen molar-refractivity contribution in [2.24, 2.45) is 5.73 Å². The average Bonchev–Trinajstić information content (AvgIpc) is 3.14. The van der Waals surface area contributed by atoms with Crippen molar-refractivity contribution in [3.63, 3.8) is 0 Å². The van der Waals surface area contributed by atoms with Crippen molar-refractivity contribution in [2.45, 2.75) is 12.8 Å². The third-order valence-corrected chi connectivity index (χ3v) is 6.92. The van der Waals surface area contributed by atoms with E-state index >= 15 is 0 Å². The molecule has 2 heterocycles. The molecule has 34 heavy (non-hydrogen) atoms. The van der Waals surface area contributed by atoms with Crippen molar-refractivity contribution in [1.82, 2.24) is 0 Å². The van der Waals surface area contributed by atoms with Crippen molar-refractivity contribution in [3.05, 3.63) is 104 Å². The van der Waals surface area contributed by atoms with Crippen molar-refractivity contribution >= 4 is 48.8 Å². The Morgan fingerprint density at radius 2 is 1.88 bits per heavy atom. The number of ether oxygens (including phenoxy) is 2. The summed E-state index contributed by atoms with van der Waals surface area (Å²) in [6.45, 7) is 1.81. The Hall–Kier alpha value is -3.54. The molecule has 3 aromatic carbocycles. The van der Waals surface area contributed by atoms with Crippen LogP contribution in [0.15, 0.2) is 85.5 Å². The first kappa shape index (κ1) is 22.3. The van der Waals surface area contributed by atoms with Gasteiger partial charge in [-0.2, -0.15) is 5.26 Å². The van der Waals surface area contributed by atoms with Gasteiger partial charge in [0.25, 0.3) is 0 Å². The number of carbonyl (C=O) groups is 1. The number of nitrogens with two attached hydrogens (primary N) is 1. The van der Waals surface area contributed by atoms with Gasteiger partial charge in [0.2, 0.25) is 11.6 Å². The van der Waals surface area contributed by atoms with Gasteiger partial charge in [-0.15, -0.1) is 0 Å². The SMILES string of the molecule is Cc1c(C(=O)Oc2ccc3c(c2)OC(N)=C(C#N)C3c2ccccc2Br)oc2cc(Br)ccc12. The molecule has 0 spiro atoms. The molecule has 8 heteroatoms. The molecule has 0 bridgehead atoms. The zero-order valence-electron chi connectivity index (χ0n) is 17.8. The van der Waals surface area contributed by atoms with Gasteiger partial charge in [-0.1, -0.05) is 56.1 Å². The number of hydrogen-bond donors (Lipinski definition) is 1. The highest BCUT2D eigenvalue weighted by atomic mass is 79.9. The van der Waals surface area contributed by atoms with Gasteiger partial charge in [-0.25, -0.2) is 4.79 Å². The summed E-state index contributed by atoms with van der Waals surface area (Å²) in [5, 5.41) is 10.6. The summed E-state index contributed by atoms with van der Waals surface area (Å²) in [6, 6.07) is 20.4. The summed E-state index contributed by atoms with van der Waals surface area (Å²) >= 11 is 6.97. The van der Waals surface area contributed by atoms with Gasteiger partial charge in [-0.05, 0) is 42.8 Å². The van der Waals surface area contributed by atoms with Gasteiger partial charge >= 0.3 is 5.97 Å². The van der Waals surface area contributed by atoms with E-state index in [2.05, 4.69) is 37.9 Å². The number of hydrogen-bond acceptors (Lipinski definition) is 6. The fourth-order valence-electron chi connectivity index (χ4n) is 4.08. The Morgan fingerprint density at radius 3 is 2.65 bits per heavy atom. The van der Waals surface area contributed by atoms with E-state index in [4.69, 9.17) is 19.6 Å². The number of rotatable bonds is 3. The summed E-state index contributed by atoms with van der Waals surface area (Å²) in [6.07, 6.45) is 0. The highest BCUT2D eigenvalue weighted by Gasteiger charge is 2.32. The molecule has 6 nitrogen and oxygen atoms in total. The maximum atomic E-state index is 12.9. The first-order valence-electron chi connectivity index (χ1n) is 10.2. The molecule has 2 N–H and O–H groups in total. The predicted octanol–water partition coefficient (Wildman–Crippen LogP) is 6.70. The lowest BCUT2D eigenvalue weighted by molar-refractivity contribution is 0.0702. The summed E-state index contributed by atoms with van der Waals surface area (Å²) in [5.41, 5.74) is 9.30. The fourth-order valence-corrected chi connectivity index (χ4v) is 4.93. The molecule has 1 unspecified atom stereocenters. The van der Waals surface area contributed by atoms with E-state index in [9.17, 15) is 10.1 Å². The molecule has 0 saturated carbocycles. The summed E-state index contributed by atoms with van der Waals surface area (Å²) in [4.78, 5) is 12.9. The Bertz CT molecular complexity index is 1550. The number of halogens is 2. The van der Waals surface area contributed by atoms with E-state index in [-0.39, 0.29) is 17.4 Å². The Kier molecular flexibility index (Phi) is 5.68. The molecule has 0 amide bonds. The molecular formula is C26H16Br2N2O4. The Balaban J connectivity index is 1.50. The van der Waals surface area contributed by atoms with Gasteiger partial charge in [0.1, 0.15) is 28.7 Å². The monoisotopic (exact) mass is 578 g/mol. The van der Waals surface area contributed by atoms with Crippen molar-refractivity contribution in [1.29, 1.82) is 5.26 Å². The number of nitriles is 1. The number of benzene rings is 3. The van der Waals surface area contributed by atoms with Crippen LogP contribution in [0.3, 0.4) is 0 Å². The van der Waals surface area contributed by atoms with E-state index < -0.39 is 11.9 Å². The van der Waals surface area contributed by atoms with Crippen LogP contribution in [-0.2, 0) is 0 Å². The number of carbonyl (C=O) groups excluding carboxylic acids is 1. The van der Waals surface area contributed by atoms with Gasteiger partial charge in [0.15, 0.2) is 0 Å².